The Kier molecular flexibility index (Phi) is 4.32. The molecule has 0 unspecified atom stereocenters. The highest BCUT2D eigenvalue weighted by molar-refractivity contribution is 8.00. The summed E-state index contributed by atoms with van der Waals surface area (Å²) in [4.78, 5) is 14.9. The lowest BCUT2D eigenvalue weighted by molar-refractivity contribution is -0.118. The molecule has 26 heavy (non-hydrogen) atoms. The van der Waals surface area contributed by atoms with Gasteiger partial charge in [-0.2, -0.15) is 0 Å². The van der Waals surface area contributed by atoms with Gasteiger partial charge in [0, 0.05) is 11.7 Å². The van der Waals surface area contributed by atoms with E-state index in [2.05, 4.69) is 23.2 Å². The number of carbonyl (C=O) groups excluding carboxylic acids is 1. The Morgan fingerprint density at radius 2 is 2.12 bits per heavy atom. The highest BCUT2D eigenvalue weighted by Gasteiger charge is 2.34. The molecule has 1 aliphatic heterocycles. The van der Waals surface area contributed by atoms with Gasteiger partial charge in [0.1, 0.15) is 5.76 Å². The monoisotopic (exact) mass is 369 g/mol. The molecule has 4 rings (SSSR count). The molecule has 3 heterocycles. The molecule has 0 fully saturated rings. The minimum absolute atomic E-state index is 0.0479. The number of hydrogen-bond acceptors (Lipinski definition) is 6. The topological polar surface area (TPSA) is 72.4 Å². The van der Waals surface area contributed by atoms with Gasteiger partial charge in [0.2, 0.25) is 5.91 Å². The Bertz CT molecular complexity index is 949. The van der Waals surface area contributed by atoms with Crippen molar-refractivity contribution in [2.24, 2.45) is 0 Å². The van der Waals surface area contributed by atoms with E-state index in [1.54, 1.807) is 12.3 Å². The van der Waals surface area contributed by atoms with Crippen molar-refractivity contribution in [2.45, 2.75) is 43.7 Å². The van der Waals surface area contributed by atoms with Crippen LogP contribution >= 0.6 is 11.8 Å². The van der Waals surface area contributed by atoms with Gasteiger partial charge in [0.15, 0.2) is 0 Å². The van der Waals surface area contributed by atoms with E-state index in [1.165, 1.54) is 17.3 Å². The minimum atomic E-state index is -0.331. The number of anilines is 1. The number of hydrogen-bond donors (Lipinski definition) is 0. The third-order valence-electron chi connectivity index (χ3n) is 4.57. The number of carbonyl (C=O) groups is 1. The van der Waals surface area contributed by atoms with Gasteiger partial charge >= 0.3 is 0 Å². The molecule has 134 valence electrons. The molecular weight excluding hydrogens is 350 g/mol. The molecule has 1 aromatic carbocycles. The van der Waals surface area contributed by atoms with Crippen molar-refractivity contribution < 1.29 is 13.6 Å². The van der Waals surface area contributed by atoms with Crippen LogP contribution in [0.5, 0.6) is 0 Å². The minimum Gasteiger partial charge on any atom is -0.469 e. The average Bonchev–Trinajstić information content (AvgIpc) is 3.32. The summed E-state index contributed by atoms with van der Waals surface area (Å²) >= 11 is 1.28. The molecule has 0 aliphatic carbocycles. The second kappa shape index (κ2) is 6.64. The largest absolute Gasteiger partial charge is 0.469 e. The molecule has 7 heteroatoms. The van der Waals surface area contributed by atoms with E-state index < -0.39 is 0 Å². The number of rotatable bonds is 4. The predicted octanol–water partition coefficient (Wildman–Crippen LogP) is 4.10. The second-order valence-electron chi connectivity index (χ2n) is 6.41. The van der Waals surface area contributed by atoms with Crippen LogP contribution in [0.1, 0.15) is 25.2 Å². The predicted molar refractivity (Wildman–Crippen MR) is 99.2 cm³/mol. The Morgan fingerprint density at radius 1 is 1.31 bits per heavy atom. The summed E-state index contributed by atoms with van der Waals surface area (Å²) < 4.78 is 11.0. The van der Waals surface area contributed by atoms with Crippen molar-refractivity contribution >= 4 is 23.4 Å². The van der Waals surface area contributed by atoms with Crippen molar-refractivity contribution in [2.75, 3.05) is 4.90 Å². The van der Waals surface area contributed by atoms with Crippen LogP contribution in [0, 0.1) is 6.92 Å². The van der Waals surface area contributed by atoms with Gasteiger partial charge in [-0.25, -0.2) is 0 Å². The van der Waals surface area contributed by atoms with Gasteiger partial charge in [-0.3, -0.25) is 4.79 Å². The van der Waals surface area contributed by atoms with Crippen LogP contribution < -0.4 is 4.90 Å². The van der Waals surface area contributed by atoms with Gasteiger partial charge in [0.25, 0.3) is 11.1 Å². The Balaban J connectivity index is 1.50. The van der Waals surface area contributed by atoms with Crippen molar-refractivity contribution in [1.29, 1.82) is 0 Å². The first-order valence-corrected chi connectivity index (χ1v) is 9.38. The molecule has 1 amide bonds. The molecule has 1 aliphatic rings. The molecule has 0 saturated heterocycles. The van der Waals surface area contributed by atoms with E-state index in [4.69, 9.17) is 8.83 Å². The zero-order chi connectivity index (χ0) is 18.3. The van der Waals surface area contributed by atoms with Crippen molar-refractivity contribution in [3.05, 3.63) is 47.9 Å². The van der Waals surface area contributed by atoms with E-state index in [0.29, 0.717) is 11.1 Å². The number of nitrogens with zero attached hydrogens (tertiary/aromatic N) is 3. The van der Waals surface area contributed by atoms with Crippen LogP contribution in [-0.2, 0) is 11.2 Å². The summed E-state index contributed by atoms with van der Waals surface area (Å²) in [5.74, 6) is 1.17. The summed E-state index contributed by atoms with van der Waals surface area (Å²) in [6.07, 6.45) is 2.46. The fourth-order valence-electron chi connectivity index (χ4n) is 3.27. The number of benzene rings is 1. The Hall–Kier alpha value is -2.54. The number of aromatic nitrogens is 2. The van der Waals surface area contributed by atoms with E-state index in [0.717, 1.165) is 23.4 Å². The molecule has 0 spiro atoms. The maximum Gasteiger partial charge on any atom is 0.277 e. The van der Waals surface area contributed by atoms with Crippen molar-refractivity contribution in [1.82, 2.24) is 10.2 Å². The zero-order valence-corrected chi connectivity index (χ0v) is 15.6. The normalized spacial score (nSPS) is 17.3. The number of amides is 1. The van der Waals surface area contributed by atoms with Crippen LogP contribution in [0.15, 0.2) is 50.7 Å². The number of furan rings is 1. The molecule has 6 nitrogen and oxygen atoms in total. The molecule has 0 N–H and O–H groups in total. The lowest BCUT2D eigenvalue weighted by atomic mass is 10.1. The molecule has 2 atom stereocenters. The fraction of sp³-hybridized carbons (Fsp3) is 0.316. The SMILES string of the molecule is Cc1occc1-c1nnc(S[C@@H](C)C(=O)N2c3ccccc3C[C@H]2C)o1. The first-order valence-electron chi connectivity index (χ1n) is 8.50. The number of para-hydroxylation sites is 1. The molecular formula is C19H19N3O3S. The van der Waals surface area contributed by atoms with E-state index in [1.807, 2.05) is 36.9 Å². The molecule has 0 radical (unpaired) electrons. The van der Waals surface area contributed by atoms with E-state index >= 15 is 0 Å². The number of thioether (sulfide) groups is 1. The molecule has 2 aromatic heterocycles. The fourth-order valence-corrected chi connectivity index (χ4v) is 4.00. The van der Waals surface area contributed by atoms with Crippen LogP contribution in [0.4, 0.5) is 5.69 Å². The van der Waals surface area contributed by atoms with Crippen molar-refractivity contribution in [3.63, 3.8) is 0 Å². The van der Waals surface area contributed by atoms with E-state index in [-0.39, 0.29) is 17.2 Å². The lowest BCUT2D eigenvalue weighted by Crippen LogP contribution is -2.40. The third-order valence-corrected chi connectivity index (χ3v) is 5.49. The maximum absolute atomic E-state index is 13.0. The van der Waals surface area contributed by atoms with Crippen LogP contribution in [0.25, 0.3) is 11.5 Å². The lowest BCUT2D eigenvalue weighted by Gasteiger charge is -2.25. The van der Waals surface area contributed by atoms with Crippen LogP contribution in [0.3, 0.4) is 0 Å². The molecule has 3 aromatic rings. The van der Waals surface area contributed by atoms with Gasteiger partial charge in [-0.05, 0) is 44.9 Å². The van der Waals surface area contributed by atoms with E-state index in [9.17, 15) is 4.79 Å². The third kappa shape index (κ3) is 2.92. The van der Waals surface area contributed by atoms with Gasteiger partial charge in [0.05, 0.1) is 17.1 Å². The van der Waals surface area contributed by atoms with Crippen molar-refractivity contribution in [3.8, 4) is 11.5 Å². The summed E-state index contributed by atoms with van der Waals surface area (Å²) in [5.41, 5.74) is 2.98. The molecule has 0 bridgehead atoms. The quantitative estimate of drug-likeness (QED) is 0.645. The zero-order valence-electron chi connectivity index (χ0n) is 14.8. The average molecular weight is 369 g/mol. The number of fused-ring (bicyclic) bond motifs is 1. The highest BCUT2D eigenvalue weighted by atomic mass is 32.2. The van der Waals surface area contributed by atoms with Crippen LogP contribution in [-0.4, -0.2) is 27.4 Å². The summed E-state index contributed by atoms with van der Waals surface area (Å²) in [5, 5.41) is 8.16. The highest BCUT2D eigenvalue weighted by Crippen LogP contribution is 2.35. The number of aryl methyl sites for hydroxylation is 1. The Morgan fingerprint density at radius 3 is 2.88 bits per heavy atom. The summed E-state index contributed by atoms with van der Waals surface area (Å²) in [6, 6.07) is 9.99. The standard InChI is InChI=1S/C19H19N3O3S/c1-11-10-14-6-4-5-7-16(14)22(11)18(23)13(3)26-19-21-20-17(25-19)15-8-9-24-12(15)2/h4-9,11,13H,10H2,1-3H3/t11-,13+/m1/s1. The van der Waals surface area contributed by atoms with Gasteiger partial charge in [-0.15, -0.1) is 10.2 Å². The first kappa shape index (κ1) is 16.9. The summed E-state index contributed by atoms with van der Waals surface area (Å²) in [6.45, 7) is 5.78. The summed E-state index contributed by atoms with van der Waals surface area (Å²) in [7, 11) is 0. The Labute approximate surface area is 155 Å². The van der Waals surface area contributed by atoms with Gasteiger partial charge < -0.3 is 13.7 Å². The first-order chi connectivity index (χ1) is 12.5. The second-order valence-corrected chi connectivity index (χ2v) is 7.71. The maximum atomic E-state index is 13.0. The molecule has 0 saturated carbocycles. The van der Waals surface area contributed by atoms with Crippen LogP contribution in [0.2, 0.25) is 0 Å². The smallest absolute Gasteiger partial charge is 0.277 e. The van der Waals surface area contributed by atoms with Gasteiger partial charge in [-0.1, -0.05) is 30.0 Å².